The van der Waals surface area contributed by atoms with Crippen molar-refractivity contribution in [2.75, 3.05) is 40.4 Å². The average Bonchev–Trinajstić information content (AvgIpc) is 3.19. The summed E-state index contributed by atoms with van der Waals surface area (Å²) in [4.78, 5) is 28.2. The summed E-state index contributed by atoms with van der Waals surface area (Å²) in [5.41, 5.74) is 1.87. The smallest absolute Gasteiger partial charge is 0.248 e. The van der Waals surface area contributed by atoms with E-state index in [1.165, 1.54) is 4.90 Å². The van der Waals surface area contributed by atoms with Crippen LogP contribution >= 0.6 is 0 Å². The first-order valence-electron chi connectivity index (χ1n) is 10.9. The molecule has 2 aliphatic rings. The zero-order chi connectivity index (χ0) is 23.4. The molecule has 2 heterocycles. The number of nitrogens with zero attached hydrogens (tertiary/aromatic N) is 2. The van der Waals surface area contributed by atoms with Gasteiger partial charge < -0.3 is 29.5 Å². The quantitative estimate of drug-likeness (QED) is 0.700. The van der Waals surface area contributed by atoms with Crippen molar-refractivity contribution in [1.29, 1.82) is 0 Å². The van der Waals surface area contributed by atoms with E-state index < -0.39 is 6.61 Å². The van der Waals surface area contributed by atoms with Gasteiger partial charge in [-0.15, -0.1) is 0 Å². The number of hydrogen-bond acceptors (Lipinski definition) is 7. The first-order valence-corrected chi connectivity index (χ1v) is 10.9. The molecule has 9 heteroatoms. The number of benzene rings is 2. The molecule has 9 nitrogen and oxygen atoms in total. The minimum atomic E-state index is -0.572. The van der Waals surface area contributed by atoms with Gasteiger partial charge in [-0.2, -0.15) is 0 Å². The normalized spacial score (nSPS) is 21.7. The van der Waals surface area contributed by atoms with Gasteiger partial charge in [-0.05, 0) is 42.4 Å². The highest BCUT2D eigenvalue weighted by molar-refractivity contribution is 5.80. The van der Waals surface area contributed by atoms with Crippen LogP contribution in [-0.2, 0) is 27.5 Å². The summed E-state index contributed by atoms with van der Waals surface area (Å²) in [5, 5.41) is 12.3. The lowest BCUT2D eigenvalue weighted by atomic mass is 10.1. The molecular weight excluding hydrogens is 426 g/mol. The number of aliphatic hydroxyl groups excluding tert-OH is 1. The minimum absolute atomic E-state index is 0.159. The molecule has 0 unspecified atom stereocenters. The van der Waals surface area contributed by atoms with Crippen molar-refractivity contribution in [2.45, 2.75) is 25.3 Å². The predicted molar refractivity (Wildman–Crippen MR) is 120 cm³/mol. The summed E-state index contributed by atoms with van der Waals surface area (Å²) in [6.45, 7) is 1.03. The van der Waals surface area contributed by atoms with Crippen LogP contribution in [0.15, 0.2) is 42.5 Å². The van der Waals surface area contributed by atoms with Gasteiger partial charge in [0.1, 0.15) is 12.4 Å². The van der Waals surface area contributed by atoms with Crippen LogP contribution in [-0.4, -0.2) is 79.3 Å². The van der Waals surface area contributed by atoms with Crippen LogP contribution in [0.4, 0.5) is 0 Å². The number of fused-ring (bicyclic) bond motifs is 5. The van der Waals surface area contributed by atoms with Gasteiger partial charge in [0.15, 0.2) is 11.5 Å². The molecule has 176 valence electrons. The Morgan fingerprint density at radius 1 is 1.18 bits per heavy atom. The third kappa shape index (κ3) is 5.62. The largest absolute Gasteiger partial charge is 0.493 e. The van der Waals surface area contributed by atoms with Crippen LogP contribution in [0.3, 0.4) is 0 Å². The summed E-state index contributed by atoms with van der Waals surface area (Å²) in [6, 6.07) is 12.9. The number of aliphatic hydroxyl groups is 1. The summed E-state index contributed by atoms with van der Waals surface area (Å²) in [7, 11) is 3.46. The molecule has 4 rings (SSSR count). The Bertz CT molecular complexity index is 1010. The lowest BCUT2D eigenvalue weighted by molar-refractivity contribution is -0.133. The molecule has 0 aliphatic carbocycles. The first kappa shape index (κ1) is 23.0. The van der Waals surface area contributed by atoms with Crippen LogP contribution in [0.1, 0.15) is 11.1 Å². The minimum Gasteiger partial charge on any atom is -0.493 e. The standard InChI is InChI=1S/C24H29N3O6/c1-26-10-16-6-7-20(31-2)21(9-16)33-18-5-3-4-17(8-18)15-32-22-12-27(24(30)14-28)11-19(22)25-23(29)13-26/h3-9,19,22,28H,10-15H2,1-2H3,(H,25,29)/t19-,22-/m0/s1. The molecule has 0 radical (unpaired) electrons. The van der Waals surface area contributed by atoms with Crippen molar-refractivity contribution < 1.29 is 28.9 Å². The van der Waals surface area contributed by atoms with E-state index in [1.807, 2.05) is 54.4 Å². The maximum atomic E-state index is 12.7. The third-order valence-electron chi connectivity index (χ3n) is 5.78. The molecule has 0 spiro atoms. The van der Waals surface area contributed by atoms with Crippen molar-refractivity contribution in [3.63, 3.8) is 0 Å². The van der Waals surface area contributed by atoms with Crippen molar-refractivity contribution in [3.8, 4) is 17.2 Å². The summed E-state index contributed by atoms with van der Waals surface area (Å²) < 4.78 is 17.7. The molecule has 4 bridgehead atoms. The zero-order valence-electron chi connectivity index (χ0n) is 18.8. The Balaban J connectivity index is 1.62. The van der Waals surface area contributed by atoms with Crippen molar-refractivity contribution in [1.82, 2.24) is 15.1 Å². The number of nitrogens with one attached hydrogen (secondary N) is 1. The van der Waals surface area contributed by atoms with Crippen molar-refractivity contribution in [3.05, 3.63) is 53.6 Å². The number of likely N-dealkylation sites (tertiary alicyclic amines) is 1. The SMILES string of the molecule is COc1ccc2cc1Oc1cccc(c1)CO[C@H]1CN(C(=O)CO)C[C@@H]1NC(=O)CN(C)C2. The second-order valence-electron chi connectivity index (χ2n) is 8.39. The fraction of sp³-hybridized carbons (Fsp3) is 0.417. The molecule has 1 fully saturated rings. The van der Waals surface area contributed by atoms with Gasteiger partial charge in [0.25, 0.3) is 0 Å². The van der Waals surface area contributed by atoms with Gasteiger partial charge >= 0.3 is 0 Å². The van der Waals surface area contributed by atoms with Crippen LogP contribution in [0, 0.1) is 0 Å². The number of amides is 2. The van der Waals surface area contributed by atoms with Gasteiger partial charge in [-0.1, -0.05) is 18.2 Å². The second kappa shape index (κ2) is 10.2. The zero-order valence-corrected chi connectivity index (χ0v) is 18.8. The Morgan fingerprint density at radius 3 is 2.82 bits per heavy atom. The average molecular weight is 456 g/mol. The van der Waals surface area contributed by atoms with E-state index >= 15 is 0 Å². The van der Waals surface area contributed by atoms with Gasteiger partial charge in [-0.3, -0.25) is 14.5 Å². The molecule has 2 aliphatic heterocycles. The molecule has 0 aromatic heterocycles. The van der Waals surface area contributed by atoms with Gasteiger partial charge in [-0.25, -0.2) is 0 Å². The van der Waals surface area contributed by atoms with Gasteiger partial charge in [0, 0.05) is 19.6 Å². The monoisotopic (exact) mass is 455 g/mol. The molecule has 2 aromatic rings. The van der Waals surface area contributed by atoms with Crippen LogP contribution in [0.2, 0.25) is 0 Å². The Morgan fingerprint density at radius 2 is 2.03 bits per heavy atom. The van der Waals surface area contributed by atoms with Gasteiger partial charge in [0.05, 0.1) is 32.4 Å². The molecule has 2 atom stereocenters. The highest BCUT2D eigenvalue weighted by Crippen LogP contribution is 2.33. The maximum absolute atomic E-state index is 12.7. The fourth-order valence-electron chi connectivity index (χ4n) is 4.18. The van der Waals surface area contributed by atoms with Crippen LogP contribution in [0.25, 0.3) is 0 Å². The fourth-order valence-corrected chi connectivity index (χ4v) is 4.18. The molecular formula is C24H29N3O6. The Kier molecular flexibility index (Phi) is 7.12. The number of likely N-dealkylation sites (N-methyl/N-ethyl adjacent to an activating group) is 1. The topological polar surface area (TPSA) is 101 Å². The van der Waals surface area contributed by atoms with E-state index in [9.17, 15) is 14.7 Å². The van der Waals surface area contributed by atoms with E-state index in [1.54, 1.807) is 7.11 Å². The number of ether oxygens (including phenoxy) is 3. The second-order valence-corrected chi connectivity index (χ2v) is 8.39. The van der Waals surface area contributed by atoms with E-state index in [0.717, 1.165) is 11.1 Å². The molecule has 1 saturated heterocycles. The maximum Gasteiger partial charge on any atom is 0.248 e. The molecule has 0 saturated carbocycles. The number of hydrogen-bond donors (Lipinski definition) is 2. The van der Waals surface area contributed by atoms with Crippen molar-refractivity contribution >= 4 is 11.8 Å². The Labute approximate surface area is 192 Å². The molecule has 2 amide bonds. The predicted octanol–water partition coefficient (Wildman–Crippen LogP) is 1.14. The van der Waals surface area contributed by atoms with Crippen LogP contribution < -0.4 is 14.8 Å². The summed E-state index contributed by atoms with van der Waals surface area (Å²) >= 11 is 0. The lowest BCUT2D eigenvalue weighted by Crippen LogP contribution is -2.47. The molecule has 33 heavy (non-hydrogen) atoms. The summed E-state index contributed by atoms with van der Waals surface area (Å²) in [6.07, 6.45) is -0.389. The van der Waals surface area contributed by atoms with E-state index in [2.05, 4.69) is 5.32 Å². The highest BCUT2D eigenvalue weighted by Gasteiger charge is 2.36. The molecule has 2 aromatic carbocycles. The first-order chi connectivity index (χ1) is 15.9. The van der Waals surface area contributed by atoms with E-state index in [4.69, 9.17) is 14.2 Å². The van der Waals surface area contributed by atoms with Gasteiger partial charge in [0.2, 0.25) is 11.8 Å². The highest BCUT2D eigenvalue weighted by atomic mass is 16.5. The number of carbonyl (C=O) groups is 2. The summed E-state index contributed by atoms with van der Waals surface area (Å²) in [5.74, 6) is 1.32. The third-order valence-corrected chi connectivity index (χ3v) is 5.78. The van der Waals surface area contributed by atoms with E-state index in [-0.39, 0.29) is 37.1 Å². The van der Waals surface area contributed by atoms with Crippen molar-refractivity contribution in [2.24, 2.45) is 0 Å². The number of rotatable bonds is 2. The lowest BCUT2D eigenvalue weighted by Gasteiger charge is -2.23. The number of methoxy groups -OCH3 is 1. The van der Waals surface area contributed by atoms with E-state index in [0.29, 0.717) is 36.9 Å². The van der Waals surface area contributed by atoms with Crippen LogP contribution in [0.5, 0.6) is 17.2 Å². The Hall–Kier alpha value is -3.14. The molecule has 2 N–H and O–H groups in total. The number of carbonyl (C=O) groups excluding carboxylic acids is 2.